The standard InChI is InChI=1S/C27H29N3O5S/c1-19-3-10-23(11-4-19)36(32,33)30-18-26(35-25-17-20(2)5-12-24(25)30)27(31)28-21-6-8-22(9-7-21)29-13-15-34-16-14-29/h3-12,17,26H,13-16,18H2,1-2H3,(H,28,31)/t26-/m0/s1. The fraction of sp³-hybridized carbons (Fsp3) is 0.296. The van der Waals surface area contributed by atoms with Crippen molar-refractivity contribution in [1.82, 2.24) is 0 Å². The molecule has 3 aromatic rings. The number of aryl methyl sites for hydroxylation is 2. The van der Waals surface area contributed by atoms with Crippen LogP contribution in [0.1, 0.15) is 11.1 Å². The highest BCUT2D eigenvalue weighted by Gasteiger charge is 2.37. The number of nitrogens with one attached hydrogen (secondary N) is 1. The molecule has 0 spiro atoms. The van der Waals surface area contributed by atoms with Crippen LogP contribution in [0, 0.1) is 13.8 Å². The fourth-order valence-electron chi connectivity index (χ4n) is 4.36. The van der Waals surface area contributed by atoms with Crippen molar-refractivity contribution in [1.29, 1.82) is 0 Å². The largest absolute Gasteiger partial charge is 0.476 e. The minimum absolute atomic E-state index is 0.135. The summed E-state index contributed by atoms with van der Waals surface area (Å²) in [4.78, 5) is 15.6. The lowest BCUT2D eigenvalue weighted by atomic mass is 10.1. The molecule has 36 heavy (non-hydrogen) atoms. The molecule has 1 fully saturated rings. The number of carbonyl (C=O) groups is 1. The quantitative estimate of drug-likeness (QED) is 0.566. The number of benzene rings is 3. The first-order chi connectivity index (χ1) is 17.3. The first kappa shape index (κ1) is 24.1. The summed E-state index contributed by atoms with van der Waals surface area (Å²) in [5.41, 5.74) is 3.96. The van der Waals surface area contributed by atoms with E-state index in [2.05, 4.69) is 10.2 Å². The van der Waals surface area contributed by atoms with E-state index in [1.54, 1.807) is 36.4 Å². The molecule has 1 atom stereocenters. The van der Waals surface area contributed by atoms with Crippen molar-refractivity contribution in [2.75, 3.05) is 47.4 Å². The van der Waals surface area contributed by atoms with Crippen molar-refractivity contribution in [2.45, 2.75) is 24.8 Å². The van der Waals surface area contributed by atoms with Crippen LogP contribution < -0.4 is 19.3 Å². The number of fused-ring (bicyclic) bond motifs is 1. The Bertz CT molecular complexity index is 1350. The van der Waals surface area contributed by atoms with Gasteiger partial charge in [-0.05, 0) is 67.9 Å². The van der Waals surface area contributed by atoms with E-state index >= 15 is 0 Å². The molecule has 5 rings (SSSR count). The highest BCUT2D eigenvalue weighted by Crippen LogP contribution is 2.38. The van der Waals surface area contributed by atoms with Gasteiger partial charge in [0.2, 0.25) is 0 Å². The van der Waals surface area contributed by atoms with E-state index in [4.69, 9.17) is 9.47 Å². The number of anilines is 3. The lowest BCUT2D eigenvalue weighted by Gasteiger charge is -2.35. The molecule has 1 saturated heterocycles. The highest BCUT2D eigenvalue weighted by atomic mass is 32.2. The second kappa shape index (κ2) is 9.83. The number of hydrogen-bond acceptors (Lipinski definition) is 6. The monoisotopic (exact) mass is 507 g/mol. The van der Waals surface area contributed by atoms with Gasteiger partial charge in [-0.3, -0.25) is 9.10 Å². The summed E-state index contributed by atoms with van der Waals surface area (Å²) in [6.07, 6.45) is -1.02. The van der Waals surface area contributed by atoms with Crippen LogP contribution in [0.5, 0.6) is 5.75 Å². The fourth-order valence-corrected chi connectivity index (χ4v) is 5.84. The van der Waals surface area contributed by atoms with Gasteiger partial charge >= 0.3 is 0 Å². The SMILES string of the molecule is Cc1ccc(S(=O)(=O)N2C[C@@H](C(=O)Nc3ccc(N4CCOCC4)cc3)Oc3cc(C)ccc32)cc1. The molecule has 2 aliphatic rings. The van der Waals surface area contributed by atoms with Gasteiger partial charge in [0, 0.05) is 24.5 Å². The minimum Gasteiger partial charge on any atom is -0.476 e. The molecule has 1 amide bonds. The summed E-state index contributed by atoms with van der Waals surface area (Å²) in [6, 6.07) is 19.6. The van der Waals surface area contributed by atoms with Crippen LogP contribution in [0.25, 0.3) is 0 Å². The van der Waals surface area contributed by atoms with Crippen molar-refractivity contribution >= 4 is 33.0 Å². The van der Waals surface area contributed by atoms with Gasteiger partial charge in [-0.25, -0.2) is 8.42 Å². The van der Waals surface area contributed by atoms with Gasteiger partial charge in [-0.2, -0.15) is 0 Å². The van der Waals surface area contributed by atoms with Crippen molar-refractivity contribution in [3.05, 3.63) is 77.9 Å². The maximum absolute atomic E-state index is 13.6. The van der Waals surface area contributed by atoms with Gasteiger partial charge in [0.25, 0.3) is 15.9 Å². The number of carbonyl (C=O) groups excluding carboxylic acids is 1. The highest BCUT2D eigenvalue weighted by molar-refractivity contribution is 7.92. The molecule has 1 N–H and O–H groups in total. The molecule has 2 heterocycles. The minimum atomic E-state index is -3.90. The Balaban J connectivity index is 1.38. The van der Waals surface area contributed by atoms with Crippen LogP contribution in [0.2, 0.25) is 0 Å². The zero-order chi connectivity index (χ0) is 25.3. The number of amides is 1. The summed E-state index contributed by atoms with van der Waals surface area (Å²) in [6.45, 7) is 6.70. The predicted octanol–water partition coefficient (Wildman–Crippen LogP) is 3.74. The molecule has 0 aliphatic carbocycles. The Hall–Kier alpha value is -3.56. The van der Waals surface area contributed by atoms with Gasteiger partial charge in [0.15, 0.2) is 6.10 Å². The lowest BCUT2D eigenvalue weighted by molar-refractivity contribution is -0.122. The average molecular weight is 508 g/mol. The Morgan fingerprint density at radius 1 is 0.917 bits per heavy atom. The summed E-state index contributed by atoms with van der Waals surface area (Å²) in [7, 11) is -3.90. The van der Waals surface area contributed by atoms with Crippen molar-refractivity contribution < 1.29 is 22.7 Å². The van der Waals surface area contributed by atoms with Crippen LogP contribution in [-0.4, -0.2) is 53.3 Å². The van der Waals surface area contributed by atoms with E-state index in [-0.39, 0.29) is 11.4 Å². The van der Waals surface area contributed by atoms with E-state index in [1.165, 1.54) is 4.31 Å². The second-order valence-electron chi connectivity index (χ2n) is 9.06. The normalized spacial score (nSPS) is 17.8. The molecule has 188 valence electrons. The third-order valence-corrected chi connectivity index (χ3v) is 8.19. The van der Waals surface area contributed by atoms with Crippen LogP contribution in [0.15, 0.2) is 71.6 Å². The number of sulfonamides is 1. The maximum atomic E-state index is 13.6. The van der Waals surface area contributed by atoms with Gasteiger partial charge in [-0.1, -0.05) is 23.8 Å². The Morgan fingerprint density at radius 3 is 2.28 bits per heavy atom. The number of ether oxygens (including phenoxy) is 2. The van der Waals surface area contributed by atoms with Crippen molar-refractivity contribution in [2.24, 2.45) is 0 Å². The first-order valence-electron chi connectivity index (χ1n) is 11.9. The summed E-state index contributed by atoms with van der Waals surface area (Å²) < 4.78 is 39.8. The third kappa shape index (κ3) is 4.89. The molecule has 0 radical (unpaired) electrons. The van der Waals surface area contributed by atoms with Crippen LogP contribution >= 0.6 is 0 Å². The van der Waals surface area contributed by atoms with E-state index in [0.717, 1.165) is 29.9 Å². The predicted molar refractivity (Wildman–Crippen MR) is 139 cm³/mol. The molecule has 3 aromatic carbocycles. The molecule has 0 aromatic heterocycles. The zero-order valence-corrected chi connectivity index (χ0v) is 21.1. The summed E-state index contributed by atoms with van der Waals surface area (Å²) in [5.74, 6) is -0.0508. The number of nitrogens with zero attached hydrogens (tertiary/aromatic N) is 2. The molecule has 0 unspecified atom stereocenters. The zero-order valence-electron chi connectivity index (χ0n) is 20.3. The maximum Gasteiger partial charge on any atom is 0.267 e. The van der Waals surface area contributed by atoms with Crippen LogP contribution in [-0.2, 0) is 19.6 Å². The number of morpholine rings is 1. The first-order valence-corrected chi connectivity index (χ1v) is 13.4. The van der Waals surface area contributed by atoms with Gasteiger partial charge in [0.1, 0.15) is 5.75 Å². The van der Waals surface area contributed by atoms with E-state index in [1.807, 2.05) is 44.2 Å². The van der Waals surface area contributed by atoms with Crippen molar-refractivity contribution in [3.8, 4) is 5.75 Å². The average Bonchev–Trinajstić information content (AvgIpc) is 2.89. The molecule has 0 bridgehead atoms. The molecule has 0 saturated carbocycles. The molecule has 2 aliphatic heterocycles. The number of rotatable bonds is 5. The summed E-state index contributed by atoms with van der Waals surface area (Å²) in [5, 5.41) is 2.88. The third-order valence-electron chi connectivity index (χ3n) is 6.40. The van der Waals surface area contributed by atoms with E-state index in [9.17, 15) is 13.2 Å². The van der Waals surface area contributed by atoms with Gasteiger partial charge < -0.3 is 19.7 Å². The smallest absolute Gasteiger partial charge is 0.267 e. The molecule has 9 heteroatoms. The number of hydrogen-bond donors (Lipinski definition) is 1. The lowest BCUT2D eigenvalue weighted by Crippen LogP contribution is -2.48. The molecule has 8 nitrogen and oxygen atoms in total. The summed E-state index contributed by atoms with van der Waals surface area (Å²) >= 11 is 0. The van der Waals surface area contributed by atoms with Gasteiger partial charge in [-0.15, -0.1) is 0 Å². The second-order valence-corrected chi connectivity index (χ2v) is 10.9. The Kier molecular flexibility index (Phi) is 6.59. The van der Waals surface area contributed by atoms with Crippen LogP contribution in [0.4, 0.5) is 17.1 Å². The van der Waals surface area contributed by atoms with E-state index in [0.29, 0.717) is 30.3 Å². The molecular weight excluding hydrogens is 478 g/mol. The topological polar surface area (TPSA) is 88.2 Å². The Morgan fingerprint density at radius 2 is 1.58 bits per heavy atom. The molecular formula is C27H29N3O5S. The van der Waals surface area contributed by atoms with Crippen LogP contribution in [0.3, 0.4) is 0 Å². The van der Waals surface area contributed by atoms with Gasteiger partial charge in [0.05, 0.1) is 30.3 Å². The van der Waals surface area contributed by atoms with E-state index < -0.39 is 22.0 Å². The van der Waals surface area contributed by atoms with Crippen molar-refractivity contribution in [3.63, 3.8) is 0 Å². The Labute approximate surface area is 211 Å².